The maximum Gasteiger partial charge on any atom is 0.168 e. The lowest BCUT2D eigenvalue weighted by molar-refractivity contribution is -0.116. The van der Waals surface area contributed by atoms with E-state index in [9.17, 15) is 10.1 Å². The summed E-state index contributed by atoms with van der Waals surface area (Å²) < 4.78 is 2.12. The van der Waals surface area contributed by atoms with Crippen molar-refractivity contribution in [2.24, 2.45) is 0 Å². The fraction of sp³-hybridized carbons (Fsp3) is 0.263. The number of ketones is 1. The number of Topliss-reactive ketones (excluding diaryl/α,β-unsaturated/α-hetero) is 1. The average molecular weight is 380 g/mol. The molecule has 0 N–H and O–H groups in total. The van der Waals surface area contributed by atoms with Gasteiger partial charge >= 0.3 is 0 Å². The Morgan fingerprint density at radius 3 is 2.92 bits per heavy atom. The highest BCUT2D eigenvalue weighted by Gasteiger charge is 2.27. The number of carbonyl (C=O) groups excluding carboxylic acids is 1. The Labute approximate surface area is 159 Å². The highest BCUT2D eigenvalue weighted by Crippen LogP contribution is 2.38. The number of thioether (sulfide) groups is 1. The molecule has 0 amide bonds. The number of nitrogens with zero attached hydrogens (tertiary/aromatic N) is 4. The van der Waals surface area contributed by atoms with Crippen LogP contribution >= 0.6 is 23.1 Å². The second-order valence-corrected chi connectivity index (χ2v) is 7.93. The van der Waals surface area contributed by atoms with Crippen LogP contribution in [0.1, 0.15) is 29.8 Å². The molecule has 2 aromatic heterocycles. The van der Waals surface area contributed by atoms with Crippen molar-refractivity contribution in [3.05, 3.63) is 53.1 Å². The largest absolute Gasteiger partial charge is 0.323 e. The van der Waals surface area contributed by atoms with Gasteiger partial charge in [0.05, 0.1) is 17.5 Å². The Hall–Kier alpha value is -2.43. The predicted octanol–water partition coefficient (Wildman–Crippen LogP) is 4.31. The van der Waals surface area contributed by atoms with Crippen molar-refractivity contribution >= 4 is 28.9 Å². The highest BCUT2D eigenvalue weighted by atomic mass is 32.2. The smallest absolute Gasteiger partial charge is 0.168 e. The van der Waals surface area contributed by atoms with Crippen LogP contribution in [-0.2, 0) is 4.79 Å². The van der Waals surface area contributed by atoms with Crippen molar-refractivity contribution in [1.29, 1.82) is 5.26 Å². The zero-order chi connectivity index (χ0) is 17.9. The summed E-state index contributed by atoms with van der Waals surface area (Å²) >= 11 is 2.76. The molecule has 2 heterocycles. The summed E-state index contributed by atoms with van der Waals surface area (Å²) in [7, 11) is 0. The molecule has 1 aromatic carbocycles. The van der Waals surface area contributed by atoms with Gasteiger partial charge in [0, 0.05) is 29.4 Å². The Morgan fingerprint density at radius 2 is 2.19 bits per heavy atom. The molecule has 0 radical (unpaired) electrons. The molecule has 1 unspecified atom stereocenters. The molecule has 1 fully saturated rings. The quantitative estimate of drug-likeness (QED) is 0.571. The van der Waals surface area contributed by atoms with Gasteiger partial charge in [-0.15, -0.1) is 11.3 Å². The van der Waals surface area contributed by atoms with E-state index < -0.39 is 5.92 Å². The lowest BCUT2D eigenvalue weighted by atomic mass is 10.1. The van der Waals surface area contributed by atoms with E-state index >= 15 is 0 Å². The Balaban J connectivity index is 1.45. The number of benzene rings is 1. The molecule has 1 aliphatic rings. The van der Waals surface area contributed by atoms with Crippen LogP contribution in [0.5, 0.6) is 0 Å². The maximum atomic E-state index is 12.6. The van der Waals surface area contributed by atoms with Crippen molar-refractivity contribution in [2.45, 2.75) is 30.0 Å². The van der Waals surface area contributed by atoms with E-state index in [-0.39, 0.29) is 11.5 Å². The zero-order valence-corrected chi connectivity index (χ0v) is 15.5. The molecule has 1 atom stereocenters. The molecule has 5 nitrogen and oxygen atoms in total. The fourth-order valence-electron chi connectivity index (χ4n) is 2.69. The Bertz CT molecular complexity index is 953. The summed E-state index contributed by atoms with van der Waals surface area (Å²) in [6, 6.07) is 12.4. The predicted molar refractivity (Wildman–Crippen MR) is 102 cm³/mol. The first kappa shape index (κ1) is 17.0. The molecular formula is C19H16N4OS2. The maximum absolute atomic E-state index is 12.6. The minimum Gasteiger partial charge on any atom is -0.323 e. The van der Waals surface area contributed by atoms with Gasteiger partial charge in [-0.2, -0.15) is 5.26 Å². The second-order valence-electron chi connectivity index (χ2n) is 6.10. The van der Waals surface area contributed by atoms with Gasteiger partial charge in [-0.1, -0.05) is 42.1 Å². The molecule has 0 saturated heterocycles. The van der Waals surface area contributed by atoms with Crippen molar-refractivity contribution in [1.82, 2.24) is 14.5 Å². The Morgan fingerprint density at radius 1 is 1.38 bits per heavy atom. The third-order valence-electron chi connectivity index (χ3n) is 4.21. The number of imidazole rings is 1. The van der Waals surface area contributed by atoms with E-state index in [0.717, 1.165) is 16.4 Å². The van der Waals surface area contributed by atoms with Gasteiger partial charge in [0.25, 0.3) is 0 Å². The van der Waals surface area contributed by atoms with Gasteiger partial charge in [-0.25, -0.2) is 9.97 Å². The number of thiazole rings is 1. The van der Waals surface area contributed by atoms with Crippen molar-refractivity contribution in [2.75, 3.05) is 5.75 Å². The number of rotatable bonds is 7. The van der Waals surface area contributed by atoms with Gasteiger partial charge in [-0.3, -0.25) is 4.79 Å². The molecule has 0 aliphatic heterocycles. The van der Waals surface area contributed by atoms with Gasteiger partial charge < -0.3 is 4.57 Å². The van der Waals surface area contributed by atoms with E-state index in [1.807, 2.05) is 41.9 Å². The summed E-state index contributed by atoms with van der Waals surface area (Å²) in [5.41, 5.74) is 1.79. The molecule has 0 bridgehead atoms. The molecule has 130 valence electrons. The number of hydrogen-bond donors (Lipinski definition) is 0. The minimum absolute atomic E-state index is 0.128. The van der Waals surface area contributed by atoms with E-state index in [2.05, 4.69) is 20.6 Å². The minimum atomic E-state index is -0.825. The first-order chi connectivity index (χ1) is 12.8. The Kier molecular flexibility index (Phi) is 4.87. The lowest BCUT2D eigenvalue weighted by Gasteiger charge is -2.07. The summed E-state index contributed by atoms with van der Waals surface area (Å²) in [6.45, 7) is 0. The summed E-state index contributed by atoms with van der Waals surface area (Å²) in [5, 5.41) is 12.8. The van der Waals surface area contributed by atoms with Crippen LogP contribution < -0.4 is 0 Å². The lowest BCUT2D eigenvalue weighted by Crippen LogP contribution is -2.13. The van der Waals surface area contributed by atoms with Gasteiger partial charge in [0.1, 0.15) is 5.01 Å². The van der Waals surface area contributed by atoms with Crippen LogP contribution in [0, 0.1) is 11.3 Å². The fourth-order valence-corrected chi connectivity index (χ4v) is 4.51. The van der Waals surface area contributed by atoms with Crippen molar-refractivity contribution < 1.29 is 4.79 Å². The molecule has 1 saturated carbocycles. The molecule has 1 aliphatic carbocycles. The third kappa shape index (κ3) is 3.57. The summed E-state index contributed by atoms with van der Waals surface area (Å²) in [4.78, 5) is 21.4. The number of hydrogen-bond acceptors (Lipinski definition) is 6. The molecule has 26 heavy (non-hydrogen) atoms. The van der Waals surface area contributed by atoms with Crippen molar-refractivity contribution in [3.8, 4) is 17.3 Å². The number of aromatic nitrogens is 3. The van der Waals surface area contributed by atoms with E-state index in [1.54, 1.807) is 6.20 Å². The second kappa shape index (κ2) is 7.44. The van der Waals surface area contributed by atoms with Crippen LogP contribution in [0.4, 0.5) is 0 Å². The van der Waals surface area contributed by atoms with Crippen LogP contribution in [-0.4, -0.2) is 26.1 Å². The first-order valence-electron chi connectivity index (χ1n) is 8.35. The molecule has 7 heteroatoms. The van der Waals surface area contributed by atoms with Gasteiger partial charge in [0.2, 0.25) is 0 Å². The number of nitriles is 1. The van der Waals surface area contributed by atoms with Crippen molar-refractivity contribution in [3.63, 3.8) is 0 Å². The van der Waals surface area contributed by atoms with Crippen LogP contribution in [0.15, 0.2) is 53.3 Å². The summed E-state index contributed by atoms with van der Waals surface area (Å²) in [6.07, 6.45) is 6.05. The van der Waals surface area contributed by atoms with E-state index in [4.69, 9.17) is 0 Å². The van der Waals surface area contributed by atoms with Gasteiger partial charge in [0.15, 0.2) is 16.9 Å². The van der Waals surface area contributed by atoms with Crippen LogP contribution in [0.2, 0.25) is 0 Å². The van der Waals surface area contributed by atoms with Crippen LogP contribution in [0.3, 0.4) is 0 Å². The molecule has 3 aromatic rings. The average Bonchev–Trinajstić information content (AvgIpc) is 3.21. The first-order valence-corrected chi connectivity index (χ1v) is 10.2. The van der Waals surface area contributed by atoms with E-state index in [1.165, 1.54) is 35.9 Å². The third-order valence-corrected chi connectivity index (χ3v) is 6.12. The highest BCUT2D eigenvalue weighted by molar-refractivity contribution is 7.99. The summed E-state index contributed by atoms with van der Waals surface area (Å²) in [5.74, 6) is -0.728. The number of carbonyl (C=O) groups is 1. The monoisotopic (exact) mass is 380 g/mol. The molecular weight excluding hydrogens is 364 g/mol. The van der Waals surface area contributed by atoms with E-state index in [0.29, 0.717) is 11.0 Å². The standard InChI is InChI=1S/C19H16N4OS2/c20-10-15(18-22-16(11-25-18)13-4-2-1-3-5-13)17(24)12-26-19-21-8-9-23(19)14-6-7-14/h1-5,8-9,11,14-15H,6-7,12H2. The van der Waals surface area contributed by atoms with Gasteiger partial charge in [-0.05, 0) is 12.8 Å². The SMILES string of the molecule is N#CC(C(=O)CSc1nccn1C1CC1)c1nc(-c2ccccc2)cs1. The topological polar surface area (TPSA) is 71.6 Å². The zero-order valence-electron chi connectivity index (χ0n) is 13.9. The molecule has 0 spiro atoms. The molecule has 4 rings (SSSR count). The van der Waals surface area contributed by atoms with Crippen LogP contribution in [0.25, 0.3) is 11.3 Å². The normalized spacial score (nSPS) is 14.7.